The van der Waals surface area contributed by atoms with E-state index in [-0.39, 0.29) is 0 Å². The second-order valence-electron chi connectivity index (χ2n) is 6.43. The van der Waals surface area contributed by atoms with Crippen molar-refractivity contribution in [2.75, 3.05) is 19.6 Å². The van der Waals surface area contributed by atoms with Crippen molar-refractivity contribution in [1.82, 2.24) is 4.90 Å². The fourth-order valence-corrected chi connectivity index (χ4v) is 3.84. The molecule has 98 valence electrons. The highest BCUT2D eigenvalue weighted by Crippen LogP contribution is 2.40. The van der Waals surface area contributed by atoms with E-state index in [0.717, 1.165) is 45.3 Å². The Hall–Kier alpha value is -0.570. The van der Waals surface area contributed by atoms with Gasteiger partial charge in [-0.25, -0.2) is 0 Å². The average Bonchev–Trinajstić information content (AvgIpc) is 2.65. The molecule has 0 amide bonds. The van der Waals surface area contributed by atoms with Gasteiger partial charge >= 0.3 is 5.97 Å². The Bertz CT molecular complexity index is 274. The number of aliphatic carboxylic acids is 1. The van der Waals surface area contributed by atoms with Gasteiger partial charge in [0.2, 0.25) is 0 Å². The van der Waals surface area contributed by atoms with Crippen molar-refractivity contribution >= 4 is 5.97 Å². The molecule has 2 aliphatic rings. The van der Waals surface area contributed by atoms with Crippen molar-refractivity contribution < 1.29 is 9.90 Å². The Kier molecular flexibility index (Phi) is 3.76. The summed E-state index contributed by atoms with van der Waals surface area (Å²) in [6.07, 6.45) is 5.22. The first kappa shape index (κ1) is 12.9. The first-order valence-electron chi connectivity index (χ1n) is 6.97. The van der Waals surface area contributed by atoms with Crippen LogP contribution in [0.1, 0.15) is 46.0 Å². The third-order valence-corrected chi connectivity index (χ3v) is 4.49. The molecule has 0 aromatic carbocycles. The van der Waals surface area contributed by atoms with Crippen molar-refractivity contribution in [3.63, 3.8) is 0 Å². The maximum atomic E-state index is 11.5. The van der Waals surface area contributed by atoms with E-state index in [4.69, 9.17) is 0 Å². The number of carboxylic acids is 1. The number of rotatable bonds is 3. The number of hydrogen-bond acceptors (Lipinski definition) is 2. The van der Waals surface area contributed by atoms with Gasteiger partial charge in [-0.1, -0.05) is 26.7 Å². The maximum absolute atomic E-state index is 11.5. The predicted molar refractivity (Wildman–Crippen MR) is 67.9 cm³/mol. The Morgan fingerprint density at radius 1 is 1.24 bits per heavy atom. The molecular formula is C14H25NO2. The first-order chi connectivity index (χ1) is 8.02. The second kappa shape index (κ2) is 4.97. The van der Waals surface area contributed by atoms with Crippen LogP contribution in [0.3, 0.4) is 0 Å². The lowest BCUT2D eigenvalue weighted by Gasteiger charge is -2.39. The summed E-state index contributed by atoms with van der Waals surface area (Å²) in [5, 5.41) is 9.50. The van der Waals surface area contributed by atoms with Crippen LogP contribution in [0.5, 0.6) is 0 Å². The molecule has 1 saturated heterocycles. The SMILES string of the molecule is CC1CC(C)CN(CC2(C(=O)O)CCCC2)C1. The minimum absolute atomic E-state index is 0.434. The zero-order chi connectivity index (χ0) is 12.5. The quantitative estimate of drug-likeness (QED) is 0.823. The van der Waals surface area contributed by atoms with Gasteiger partial charge in [-0.3, -0.25) is 4.79 Å². The highest BCUT2D eigenvalue weighted by molar-refractivity contribution is 5.75. The van der Waals surface area contributed by atoms with Gasteiger partial charge in [-0.05, 0) is 31.1 Å². The van der Waals surface area contributed by atoms with Crippen LogP contribution >= 0.6 is 0 Å². The fourth-order valence-electron chi connectivity index (χ4n) is 3.84. The van der Waals surface area contributed by atoms with E-state index in [1.807, 2.05) is 0 Å². The Labute approximate surface area is 104 Å². The third kappa shape index (κ3) is 2.82. The molecule has 2 unspecified atom stereocenters. The number of hydrogen-bond donors (Lipinski definition) is 1. The van der Waals surface area contributed by atoms with Gasteiger partial charge in [0.25, 0.3) is 0 Å². The Balaban J connectivity index is 2.00. The van der Waals surface area contributed by atoms with Crippen molar-refractivity contribution in [2.45, 2.75) is 46.0 Å². The van der Waals surface area contributed by atoms with Crippen LogP contribution < -0.4 is 0 Å². The van der Waals surface area contributed by atoms with Crippen molar-refractivity contribution in [3.05, 3.63) is 0 Å². The van der Waals surface area contributed by atoms with E-state index >= 15 is 0 Å². The Morgan fingerprint density at radius 2 is 1.76 bits per heavy atom. The lowest BCUT2D eigenvalue weighted by atomic mass is 9.83. The zero-order valence-electron chi connectivity index (χ0n) is 11.1. The summed E-state index contributed by atoms with van der Waals surface area (Å²) in [6.45, 7) is 7.51. The molecule has 2 fully saturated rings. The van der Waals surface area contributed by atoms with E-state index in [0.29, 0.717) is 11.8 Å². The monoisotopic (exact) mass is 239 g/mol. The molecule has 1 aliphatic heterocycles. The fraction of sp³-hybridized carbons (Fsp3) is 0.929. The minimum atomic E-state index is -0.569. The number of carbonyl (C=O) groups is 1. The number of piperidine rings is 1. The lowest BCUT2D eigenvalue weighted by Crippen LogP contribution is -2.47. The van der Waals surface area contributed by atoms with Crippen molar-refractivity contribution in [3.8, 4) is 0 Å². The van der Waals surface area contributed by atoms with E-state index in [1.54, 1.807) is 0 Å². The van der Waals surface area contributed by atoms with Crippen LogP contribution in [0, 0.1) is 17.3 Å². The molecule has 0 bridgehead atoms. The highest BCUT2D eigenvalue weighted by atomic mass is 16.4. The summed E-state index contributed by atoms with van der Waals surface area (Å²) in [7, 11) is 0. The molecule has 0 radical (unpaired) electrons. The topological polar surface area (TPSA) is 40.5 Å². The van der Waals surface area contributed by atoms with Crippen molar-refractivity contribution in [2.24, 2.45) is 17.3 Å². The second-order valence-corrected chi connectivity index (χ2v) is 6.43. The number of likely N-dealkylation sites (tertiary alicyclic amines) is 1. The summed E-state index contributed by atoms with van der Waals surface area (Å²) in [5.41, 5.74) is -0.434. The van der Waals surface area contributed by atoms with Crippen LogP contribution in [0.25, 0.3) is 0 Å². The maximum Gasteiger partial charge on any atom is 0.310 e. The third-order valence-electron chi connectivity index (χ3n) is 4.49. The molecular weight excluding hydrogens is 214 g/mol. The molecule has 0 aromatic heterocycles. The summed E-state index contributed by atoms with van der Waals surface area (Å²) < 4.78 is 0. The van der Waals surface area contributed by atoms with Crippen molar-refractivity contribution in [1.29, 1.82) is 0 Å². The predicted octanol–water partition coefficient (Wildman–Crippen LogP) is 2.61. The van der Waals surface area contributed by atoms with Gasteiger partial charge in [-0.15, -0.1) is 0 Å². The molecule has 1 saturated carbocycles. The first-order valence-corrected chi connectivity index (χ1v) is 6.97. The minimum Gasteiger partial charge on any atom is -0.481 e. The normalized spacial score (nSPS) is 33.8. The van der Waals surface area contributed by atoms with Crippen LogP contribution in [0.4, 0.5) is 0 Å². The number of nitrogens with zero attached hydrogens (tertiary/aromatic N) is 1. The molecule has 2 rings (SSSR count). The van der Waals surface area contributed by atoms with E-state index in [1.165, 1.54) is 6.42 Å². The number of carboxylic acid groups (broad SMARTS) is 1. The van der Waals surface area contributed by atoms with Gasteiger partial charge in [0, 0.05) is 19.6 Å². The molecule has 3 nitrogen and oxygen atoms in total. The van der Waals surface area contributed by atoms with Gasteiger partial charge < -0.3 is 10.0 Å². The van der Waals surface area contributed by atoms with E-state index in [9.17, 15) is 9.90 Å². The molecule has 1 heterocycles. The molecule has 3 heteroatoms. The van der Waals surface area contributed by atoms with Gasteiger partial charge in [0.15, 0.2) is 0 Å². The lowest BCUT2D eigenvalue weighted by molar-refractivity contribution is -0.150. The van der Waals surface area contributed by atoms with Gasteiger partial charge in [0.05, 0.1) is 5.41 Å². The molecule has 1 N–H and O–H groups in total. The van der Waals surface area contributed by atoms with Gasteiger partial charge in [0.1, 0.15) is 0 Å². The molecule has 1 aliphatic carbocycles. The molecule has 0 spiro atoms. The largest absolute Gasteiger partial charge is 0.481 e. The summed E-state index contributed by atoms with van der Waals surface area (Å²) in [6, 6.07) is 0. The summed E-state index contributed by atoms with van der Waals surface area (Å²) in [4.78, 5) is 13.9. The van der Waals surface area contributed by atoms with Crippen LogP contribution in [0.15, 0.2) is 0 Å². The zero-order valence-corrected chi connectivity index (χ0v) is 11.1. The van der Waals surface area contributed by atoms with Crippen LogP contribution in [-0.4, -0.2) is 35.6 Å². The van der Waals surface area contributed by atoms with Crippen LogP contribution in [-0.2, 0) is 4.79 Å². The Morgan fingerprint density at radius 3 is 2.24 bits per heavy atom. The van der Waals surface area contributed by atoms with Gasteiger partial charge in [-0.2, -0.15) is 0 Å². The molecule has 2 atom stereocenters. The molecule has 0 aromatic rings. The standard InChI is InChI=1S/C14H25NO2/c1-11-7-12(2)9-15(8-11)10-14(13(16)17)5-3-4-6-14/h11-12H,3-10H2,1-2H3,(H,16,17). The summed E-state index contributed by atoms with van der Waals surface area (Å²) in [5.74, 6) is 0.859. The summed E-state index contributed by atoms with van der Waals surface area (Å²) >= 11 is 0. The molecule has 17 heavy (non-hydrogen) atoms. The highest BCUT2D eigenvalue weighted by Gasteiger charge is 2.43. The van der Waals surface area contributed by atoms with E-state index in [2.05, 4.69) is 18.7 Å². The smallest absolute Gasteiger partial charge is 0.310 e. The average molecular weight is 239 g/mol. The van der Waals surface area contributed by atoms with E-state index < -0.39 is 11.4 Å². The van der Waals surface area contributed by atoms with Crippen LogP contribution in [0.2, 0.25) is 0 Å².